The molecule has 0 fully saturated rings. The Morgan fingerprint density at radius 1 is 0.667 bits per heavy atom. The standard InChI is InChI=1S/C39H50N6O7S2/c1-25(44(34-40-19-21-53-34)36(49)51-38(3,4)5)32(47)42-29(23-27-15-11-9-12-16-27)31(46)30(24-28-17-13-10-14-18-28)43-33(48)26(2)45(35-41-20-22-54-35)37(50)52-39(6,7)8/h9-22,25-26,29-31,46H,23-24H2,1-8H3,(H,42,47)(H,43,48)/t25-,26-,29-,30-/m0/s1. The number of thiazole rings is 2. The molecular weight excluding hydrogens is 729 g/mol. The normalized spacial score (nSPS) is 14.0. The van der Waals surface area contributed by atoms with Gasteiger partial charge in [0.15, 0.2) is 10.3 Å². The number of amides is 4. The lowest BCUT2D eigenvalue weighted by Crippen LogP contribution is -2.60. The second-order valence-corrected chi connectivity index (χ2v) is 16.5. The van der Waals surface area contributed by atoms with E-state index in [-0.39, 0.29) is 23.1 Å². The number of carbonyl (C=O) groups excluding carboxylic acids is 4. The lowest BCUT2D eigenvalue weighted by Gasteiger charge is -2.35. The minimum absolute atomic E-state index is 0.185. The number of anilines is 2. The Hall–Kier alpha value is -4.86. The summed E-state index contributed by atoms with van der Waals surface area (Å²) in [5, 5.41) is 22.1. The molecule has 0 aliphatic heterocycles. The Balaban J connectivity index is 1.67. The van der Waals surface area contributed by atoms with E-state index in [9.17, 15) is 24.3 Å². The van der Waals surface area contributed by atoms with Crippen LogP contribution in [0.3, 0.4) is 0 Å². The van der Waals surface area contributed by atoms with Gasteiger partial charge in [-0.1, -0.05) is 60.7 Å². The van der Waals surface area contributed by atoms with Crippen molar-refractivity contribution in [1.82, 2.24) is 20.6 Å². The first-order chi connectivity index (χ1) is 25.4. The van der Waals surface area contributed by atoms with Crippen molar-refractivity contribution in [3.63, 3.8) is 0 Å². The molecule has 0 unspecified atom stereocenters. The Morgan fingerprint density at radius 3 is 1.31 bits per heavy atom. The molecule has 2 heterocycles. The van der Waals surface area contributed by atoms with Crippen LogP contribution in [0.5, 0.6) is 0 Å². The molecule has 4 amide bonds. The Morgan fingerprint density at radius 2 is 1.02 bits per heavy atom. The summed E-state index contributed by atoms with van der Waals surface area (Å²) in [6, 6.07) is 14.5. The zero-order valence-electron chi connectivity index (χ0n) is 31.9. The maximum atomic E-state index is 14.1. The van der Waals surface area contributed by atoms with Crippen LogP contribution in [-0.4, -0.2) is 80.5 Å². The van der Waals surface area contributed by atoms with E-state index in [1.165, 1.54) is 44.9 Å². The van der Waals surface area contributed by atoms with E-state index in [1.54, 1.807) is 66.2 Å². The number of aliphatic hydroxyl groups is 1. The summed E-state index contributed by atoms with van der Waals surface area (Å²) >= 11 is 2.35. The van der Waals surface area contributed by atoms with E-state index < -0.39 is 65.5 Å². The predicted molar refractivity (Wildman–Crippen MR) is 211 cm³/mol. The molecule has 290 valence electrons. The molecule has 54 heavy (non-hydrogen) atoms. The molecule has 0 radical (unpaired) electrons. The molecule has 4 atom stereocenters. The van der Waals surface area contributed by atoms with E-state index in [4.69, 9.17) is 9.47 Å². The van der Waals surface area contributed by atoms with Crippen molar-refractivity contribution in [3.05, 3.63) is 94.9 Å². The number of aliphatic hydroxyl groups excluding tert-OH is 1. The lowest BCUT2D eigenvalue weighted by atomic mass is 9.92. The van der Waals surface area contributed by atoms with Crippen LogP contribution in [0.15, 0.2) is 83.8 Å². The first-order valence-corrected chi connectivity index (χ1v) is 19.4. The van der Waals surface area contributed by atoms with Crippen molar-refractivity contribution in [1.29, 1.82) is 0 Å². The van der Waals surface area contributed by atoms with Crippen molar-refractivity contribution >= 4 is 56.9 Å². The second-order valence-electron chi connectivity index (χ2n) is 14.8. The van der Waals surface area contributed by atoms with E-state index in [2.05, 4.69) is 20.6 Å². The highest BCUT2D eigenvalue weighted by Crippen LogP contribution is 2.26. The topological polar surface area (TPSA) is 163 Å². The van der Waals surface area contributed by atoms with Crippen LogP contribution in [-0.2, 0) is 31.9 Å². The largest absolute Gasteiger partial charge is 0.443 e. The van der Waals surface area contributed by atoms with Crippen LogP contribution in [0.4, 0.5) is 19.9 Å². The molecule has 3 N–H and O–H groups in total. The molecule has 13 nitrogen and oxygen atoms in total. The monoisotopic (exact) mass is 778 g/mol. The number of carbonyl (C=O) groups is 4. The van der Waals surface area contributed by atoms with Gasteiger partial charge in [-0.25, -0.2) is 29.4 Å². The second kappa shape index (κ2) is 18.5. The third-order valence-corrected chi connectivity index (χ3v) is 9.58. The van der Waals surface area contributed by atoms with Crippen LogP contribution in [0.2, 0.25) is 0 Å². The van der Waals surface area contributed by atoms with Crippen molar-refractivity contribution in [2.45, 2.75) is 110 Å². The first-order valence-electron chi connectivity index (χ1n) is 17.6. The van der Waals surface area contributed by atoms with Gasteiger partial charge in [0.05, 0.1) is 18.2 Å². The van der Waals surface area contributed by atoms with Gasteiger partial charge in [-0.2, -0.15) is 0 Å². The summed E-state index contributed by atoms with van der Waals surface area (Å²) in [5.74, 6) is -1.15. The van der Waals surface area contributed by atoms with Gasteiger partial charge in [0.2, 0.25) is 11.8 Å². The van der Waals surface area contributed by atoms with Gasteiger partial charge in [0, 0.05) is 23.2 Å². The summed E-state index contributed by atoms with van der Waals surface area (Å²) in [7, 11) is 0. The van der Waals surface area contributed by atoms with Gasteiger partial charge >= 0.3 is 12.2 Å². The van der Waals surface area contributed by atoms with E-state index in [0.717, 1.165) is 11.1 Å². The fourth-order valence-corrected chi connectivity index (χ4v) is 6.89. The van der Waals surface area contributed by atoms with Gasteiger partial charge in [-0.05, 0) is 79.4 Å². The van der Waals surface area contributed by atoms with Crippen molar-refractivity contribution in [3.8, 4) is 0 Å². The SMILES string of the molecule is C[C@@H](C(=O)N[C@@H](Cc1ccccc1)C(O)[C@H](Cc1ccccc1)NC(=O)[C@H](C)N(C(=O)OC(C)(C)C)c1nccs1)N(C(=O)OC(C)(C)C)c1nccs1. The van der Waals surface area contributed by atoms with Crippen molar-refractivity contribution in [2.24, 2.45) is 0 Å². The average Bonchev–Trinajstić information content (AvgIpc) is 3.82. The third-order valence-electron chi connectivity index (χ3n) is 8.04. The third kappa shape index (κ3) is 12.1. The fourth-order valence-electron chi connectivity index (χ4n) is 5.47. The highest BCUT2D eigenvalue weighted by Gasteiger charge is 2.39. The summed E-state index contributed by atoms with van der Waals surface area (Å²) in [6.07, 6.45) is 0.563. The highest BCUT2D eigenvalue weighted by atomic mass is 32.1. The first kappa shape index (κ1) is 41.9. The van der Waals surface area contributed by atoms with Crippen LogP contribution < -0.4 is 20.4 Å². The molecule has 0 spiro atoms. The number of hydrogen-bond acceptors (Lipinski definition) is 11. The van der Waals surface area contributed by atoms with Gasteiger partial charge in [-0.3, -0.25) is 9.59 Å². The van der Waals surface area contributed by atoms with E-state index in [1.807, 2.05) is 60.7 Å². The number of ether oxygens (including phenoxy) is 2. The molecule has 0 aliphatic carbocycles. The summed E-state index contributed by atoms with van der Waals surface area (Å²) in [6.45, 7) is 13.5. The molecule has 15 heteroatoms. The molecule has 0 saturated heterocycles. The smallest absolute Gasteiger partial charge is 0.417 e. The quantitative estimate of drug-likeness (QED) is 0.132. The molecule has 4 rings (SSSR count). The van der Waals surface area contributed by atoms with Crippen LogP contribution in [0.1, 0.15) is 66.5 Å². The number of benzene rings is 2. The lowest BCUT2D eigenvalue weighted by molar-refractivity contribution is -0.124. The Kier molecular flexibility index (Phi) is 14.3. The molecular formula is C39H50N6O7S2. The van der Waals surface area contributed by atoms with Crippen molar-refractivity contribution < 1.29 is 33.8 Å². The summed E-state index contributed by atoms with van der Waals surface area (Å²) in [4.78, 5) is 66.0. The molecule has 2 aromatic heterocycles. The summed E-state index contributed by atoms with van der Waals surface area (Å²) in [5.41, 5.74) is -0.0473. The zero-order valence-corrected chi connectivity index (χ0v) is 33.5. The van der Waals surface area contributed by atoms with Gasteiger partial charge in [-0.15, -0.1) is 22.7 Å². The van der Waals surface area contributed by atoms with E-state index >= 15 is 0 Å². The van der Waals surface area contributed by atoms with Crippen LogP contribution in [0, 0.1) is 0 Å². The van der Waals surface area contributed by atoms with Crippen LogP contribution >= 0.6 is 22.7 Å². The maximum absolute atomic E-state index is 14.1. The number of hydrogen-bond donors (Lipinski definition) is 3. The van der Waals surface area contributed by atoms with Gasteiger partial charge in [0.25, 0.3) is 0 Å². The van der Waals surface area contributed by atoms with Crippen molar-refractivity contribution in [2.75, 3.05) is 9.80 Å². The van der Waals surface area contributed by atoms with Gasteiger partial charge in [0.1, 0.15) is 23.3 Å². The molecule has 2 aromatic carbocycles. The average molecular weight is 779 g/mol. The molecule has 4 aromatic rings. The minimum atomic E-state index is -1.36. The number of nitrogens with one attached hydrogen (secondary N) is 2. The number of rotatable bonds is 14. The van der Waals surface area contributed by atoms with E-state index in [0.29, 0.717) is 0 Å². The highest BCUT2D eigenvalue weighted by molar-refractivity contribution is 7.14. The Labute approximate surface area is 324 Å². The number of nitrogens with zero attached hydrogens (tertiary/aromatic N) is 4. The Bertz CT molecular complexity index is 1660. The van der Waals surface area contributed by atoms with Gasteiger partial charge < -0.3 is 25.2 Å². The molecule has 0 bridgehead atoms. The minimum Gasteiger partial charge on any atom is -0.443 e. The fraction of sp³-hybridized carbons (Fsp3) is 0.436. The predicted octanol–water partition coefficient (Wildman–Crippen LogP) is 6.38. The maximum Gasteiger partial charge on any atom is 0.417 e. The zero-order chi connectivity index (χ0) is 39.6. The number of aromatic nitrogens is 2. The molecule has 0 saturated carbocycles. The summed E-state index contributed by atoms with van der Waals surface area (Å²) < 4.78 is 11.3. The molecule has 0 aliphatic rings. The van der Waals surface area contributed by atoms with Crippen LogP contribution in [0.25, 0.3) is 0 Å².